The highest BCUT2D eigenvalue weighted by molar-refractivity contribution is 8.14. The van der Waals surface area contributed by atoms with Gasteiger partial charge in [-0.2, -0.15) is 0 Å². The summed E-state index contributed by atoms with van der Waals surface area (Å²) in [7, 11) is 0. The molecular weight excluding hydrogens is 329 g/mol. The van der Waals surface area contributed by atoms with E-state index in [1.165, 1.54) is 0 Å². The van der Waals surface area contributed by atoms with Crippen molar-refractivity contribution in [3.63, 3.8) is 0 Å². The molecule has 0 saturated heterocycles. The van der Waals surface area contributed by atoms with Crippen LogP contribution in [-0.2, 0) is 9.59 Å². The van der Waals surface area contributed by atoms with E-state index in [9.17, 15) is 9.59 Å². The van der Waals surface area contributed by atoms with Gasteiger partial charge in [0.25, 0.3) is 0 Å². The first-order chi connectivity index (χ1) is 10.0. The molecule has 1 N–H and O–H groups in total. The minimum absolute atomic E-state index is 0.202. The maximum absolute atomic E-state index is 12.4. The van der Waals surface area contributed by atoms with Gasteiger partial charge in [0.2, 0.25) is 11.0 Å². The standard InChI is InChI=1S/C15H9Cl2NO2S/c16-8-2-1-3-10(6-8)18-14(19)13-11-5-4-9(17)7-12(11)21-15(13)20/h1-7,13H,(H,18,19). The number of fused-ring (bicyclic) bond motifs is 1. The number of rotatable bonds is 2. The van der Waals surface area contributed by atoms with Crippen molar-refractivity contribution < 1.29 is 9.59 Å². The number of anilines is 1. The largest absolute Gasteiger partial charge is 0.325 e. The molecule has 2 aromatic carbocycles. The van der Waals surface area contributed by atoms with E-state index in [1.807, 2.05) is 0 Å². The molecule has 21 heavy (non-hydrogen) atoms. The van der Waals surface area contributed by atoms with E-state index in [4.69, 9.17) is 23.2 Å². The van der Waals surface area contributed by atoms with E-state index < -0.39 is 5.92 Å². The number of amides is 1. The summed E-state index contributed by atoms with van der Waals surface area (Å²) in [6, 6.07) is 11.9. The maximum Gasteiger partial charge on any atom is 0.240 e. The molecule has 3 nitrogen and oxygen atoms in total. The van der Waals surface area contributed by atoms with E-state index >= 15 is 0 Å². The van der Waals surface area contributed by atoms with Gasteiger partial charge in [0.15, 0.2) is 0 Å². The summed E-state index contributed by atoms with van der Waals surface area (Å²) < 4.78 is 0. The van der Waals surface area contributed by atoms with E-state index in [-0.39, 0.29) is 11.0 Å². The Bertz CT molecular complexity index is 748. The van der Waals surface area contributed by atoms with Crippen molar-refractivity contribution in [3.8, 4) is 0 Å². The molecule has 0 saturated carbocycles. The van der Waals surface area contributed by atoms with Crippen molar-refractivity contribution in [2.24, 2.45) is 0 Å². The van der Waals surface area contributed by atoms with E-state index in [0.29, 0.717) is 21.3 Å². The molecule has 0 spiro atoms. The minimum atomic E-state index is -0.818. The molecule has 1 heterocycles. The van der Waals surface area contributed by atoms with Crippen LogP contribution < -0.4 is 5.32 Å². The van der Waals surface area contributed by atoms with Crippen LogP contribution in [0.15, 0.2) is 47.4 Å². The Balaban J connectivity index is 1.87. The highest BCUT2D eigenvalue weighted by Gasteiger charge is 2.37. The zero-order valence-corrected chi connectivity index (χ0v) is 12.9. The third-order valence-electron chi connectivity index (χ3n) is 3.09. The van der Waals surface area contributed by atoms with Gasteiger partial charge in [-0.1, -0.05) is 47.1 Å². The predicted molar refractivity (Wildman–Crippen MR) is 85.1 cm³/mol. The molecule has 1 unspecified atom stereocenters. The Labute approximate surface area is 135 Å². The van der Waals surface area contributed by atoms with Gasteiger partial charge < -0.3 is 5.32 Å². The van der Waals surface area contributed by atoms with Crippen molar-refractivity contribution >= 4 is 51.7 Å². The van der Waals surface area contributed by atoms with E-state index in [1.54, 1.807) is 42.5 Å². The second-order valence-electron chi connectivity index (χ2n) is 4.54. The summed E-state index contributed by atoms with van der Waals surface area (Å²) >= 11 is 12.8. The van der Waals surface area contributed by atoms with Gasteiger partial charge in [0.1, 0.15) is 5.92 Å². The summed E-state index contributed by atoms with van der Waals surface area (Å²) in [5.41, 5.74) is 1.25. The third-order valence-corrected chi connectivity index (χ3v) is 4.57. The second kappa shape index (κ2) is 5.72. The summed E-state index contributed by atoms with van der Waals surface area (Å²) in [6.45, 7) is 0. The fraction of sp³-hybridized carbons (Fsp3) is 0.0667. The van der Waals surface area contributed by atoms with Crippen LogP contribution in [-0.4, -0.2) is 11.0 Å². The van der Waals surface area contributed by atoms with Gasteiger partial charge in [-0.3, -0.25) is 9.59 Å². The number of carbonyl (C=O) groups is 2. The Morgan fingerprint density at radius 1 is 1.10 bits per heavy atom. The number of thioether (sulfide) groups is 1. The van der Waals surface area contributed by atoms with Crippen LogP contribution >= 0.6 is 35.0 Å². The summed E-state index contributed by atoms with van der Waals surface area (Å²) in [5, 5.41) is 3.58. The fourth-order valence-electron chi connectivity index (χ4n) is 2.16. The minimum Gasteiger partial charge on any atom is -0.325 e. The van der Waals surface area contributed by atoms with Gasteiger partial charge in [-0.05, 0) is 35.9 Å². The molecule has 3 rings (SSSR count). The lowest BCUT2D eigenvalue weighted by molar-refractivity contribution is -0.123. The second-order valence-corrected chi connectivity index (χ2v) is 6.46. The number of nitrogens with one attached hydrogen (secondary N) is 1. The molecule has 2 aromatic rings. The fourth-order valence-corrected chi connectivity index (χ4v) is 3.64. The Morgan fingerprint density at radius 3 is 2.62 bits per heavy atom. The monoisotopic (exact) mass is 337 g/mol. The first-order valence-corrected chi connectivity index (χ1v) is 7.69. The average molecular weight is 338 g/mol. The zero-order chi connectivity index (χ0) is 15.0. The van der Waals surface area contributed by atoms with Crippen molar-refractivity contribution in [2.75, 3.05) is 5.32 Å². The summed E-state index contributed by atoms with van der Waals surface area (Å²) in [4.78, 5) is 25.2. The molecule has 1 amide bonds. The molecular formula is C15H9Cl2NO2S. The first-order valence-electron chi connectivity index (χ1n) is 6.12. The van der Waals surface area contributed by atoms with Crippen LogP contribution in [0.4, 0.5) is 5.69 Å². The Hall–Kier alpha value is -1.49. The van der Waals surface area contributed by atoms with E-state index in [0.717, 1.165) is 16.7 Å². The average Bonchev–Trinajstić information content (AvgIpc) is 2.73. The number of halogens is 2. The number of hydrogen-bond acceptors (Lipinski definition) is 3. The summed E-state index contributed by atoms with van der Waals surface area (Å²) in [5.74, 6) is -1.18. The normalized spacial score (nSPS) is 16.7. The third kappa shape index (κ3) is 2.93. The molecule has 0 fully saturated rings. The van der Waals surface area contributed by atoms with Crippen LogP contribution in [0.5, 0.6) is 0 Å². The van der Waals surface area contributed by atoms with Crippen molar-refractivity contribution in [1.82, 2.24) is 0 Å². The molecule has 1 aliphatic rings. The molecule has 0 aromatic heterocycles. The van der Waals surface area contributed by atoms with Crippen molar-refractivity contribution in [1.29, 1.82) is 0 Å². The molecule has 0 aliphatic carbocycles. The first kappa shape index (κ1) is 14.4. The maximum atomic E-state index is 12.4. The van der Waals surface area contributed by atoms with Gasteiger partial charge in [0.05, 0.1) is 0 Å². The van der Waals surface area contributed by atoms with Gasteiger partial charge in [-0.15, -0.1) is 0 Å². The van der Waals surface area contributed by atoms with Crippen LogP contribution in [0.1, 0.15) is 11.5 Å². The van der Waals surface area contributed by atoms with Crippen LogP contribution in [0.2, 0.25) is 10.0 Å². The molecule has 6 heteroatoms. The lowest BCUT2D eigenvalue weighted by Crippen LogP contribution is -2.23. The van der Waals surface area contributed by atoms with E-state index in [2.05, 4.69) is 5.32 Å². The van der Waals surface area contributed by atoms with Gasteiger partial charge >= 0.3 is 0 Å². The van der Waals surface area contributed by atoms with Crippen molar-refractivity contribution in [3.05, 3.63) is 58.1 Å². The highest BCUT2D eigenvalue weighted by atomic mass is 35.5. The smallest absolute Gasteiger partial charge is 0.240 e. The quantitative estimate of drug-likeness (QED) is 0.828. The van der Waals surface area contributed by atoms with Crippen LogP contribution in [0, 0.1) is 0 Å². The molecule has 1 atom stereocenters. The molecule has 0 bridgehead atoms. The molecule has 0 radical (unpaired) electrons. The van der Waals surface area contributed by atoms with Crippen LogP contribution in [0.3, 0.4) is 0 Å². The SMILES string of the molecule is O=C(Nc1cccc(Cl)c1)C1C(=O)Sc2cc(Cl)ccc21. The Morgan fingerprint density at radius 2 is 1.86 bits per heavy atom. The number of benzene rings is 2. The summed E-state index contributed by atoms with van der Waals surface area (Å²) in [6.07, 6.45) is 0. The predicted octanol–water partition coefficient (Wildman–Crippen LogP) is 4.35. The van der Waals surface area contributed by atoms with Gasteiger partial charge in [-0.25, -0.2) is 0 Å². The van der Waals surface area contributed by atoms with Crippen molar-refractivity contribution in [2.45, 2.75) is 10.8 Å². The zero-order valence-electron chi connectivity index (χ0n) is 10.6. The topological polar surface area (TPSA) is 46.2 Å². The highest BCUT2D eigenvalue weighted by Crippen LogP contribution is 2.42. The number of carbonyl (C=O) groups excluding carboxylic acids is 2. The van der Waals surface area contributed by atoms with Crippen LogP contribution in [0.25, 0.3) is 0 Å². The Kier molecular flexibility index (Phi) is 3.93. The lowest BCUT2D eigenvalue weighted by atomic mass is 10.00. The lowest BCUT2D eigenvalue weighted by Gasteiger charge is -2.11. The molecule has 106 valence electrons. The molecule has 1 aliphatic heterocycles. The number of hydrogen-bond donors (Lipinski definition) is 1. The van der Waals surface area contributed by atoms with Gasteiger partial charge in [0, 0.05) is 20.6 Å².